The van der Waals surface area contributed by atoms with Crippen LogP contribution in [0.2, 0.25) is 0 Å². The second-order valence-corrected chi connectivity index (χ2v) is 9.93. The van der Waals surface area contributed by atoms with Crippen LogP contribution < -0.4 is 20.1 Å². The van der Waals surface area contributed by atoms with Gasteiger partial charge in [-0.25, -0.2) is 0 Å². The lowest BCUT2D eigenvalue weighted by Crippen LogP contribution is -2.31. The summed E-state index contributed by atoms with van der Waals surface area (Å²) in [5.74, 6) is 0.570. The number of benzene rings is 3. The number of carbonyl (C=O) groups excluding carboxylic acids is 2. The molecule has 6 heteroatoms. The number of aryl methyl sites for hydroxylation is 6. The van der Waals surface area contributed by atoms with Crippen LogP contribution in [0.3, 0.4) is 0 Å². The third kappa shape index (κ3) is 6.70. The molecule has 0 bridgehead atoms. The highest BCUT2D eigenvalue weighted by atomic mass is 16.5. The summed E-state index contributed by atoms with van der Waals surface area (Å²) in [4.78, 5) is 25.8. The van der Waals surface area contributed by atoms with Crippen molar-refractivity contribution in [2.45, 2.75) is 74.5 Å². The molecule has 2 atom stereocenters. The molecule has 0 saturated heterocycles. The average molecular weight is 503 g/mol. The number of rotatable bonds is 8. The zero-order chi connectivity index (χ0) is 27.4. The van der Waals surface area contributed by atoms with E-state index in [1.807, 2.05) is 72.7 Å². The minimum Gasteiger partial charge on any atom is -0.480 e. The standard InChI is InChI=1S/C31H38N2O4/c1-17-13-19(3)28(20(4)14-17)32-30(34)24(8)36-26-11-10-12-27(23(26)7)37-25(9)31(35)33-29-21(5)15-18(2)16-22(29)6/h10-16,24-25H,1-9H3,(H,32,34)(H,33,35)/t24-,25-/m1/s1. The summed E-state index contributed by atoms with van der Waals surface area (Å²) in [6, 6.07) is 13.5. The number of amides is 2. The summed E-state index contributed by atoms with van der Waals surface area (Å²) in [6.45, 7) is 17.2. The van der Waals surface area contributed by atoms with Crippen molar-refractivity contribution in [2.75, 3.05) is 10.6 Å². The van der Waals surface area contributed by atoms with Crippen LogP contribution in [-0.2, 0) is 9.59 Å². The predicted octanol–water partition coefficient (Wildman–Crippen LogP) is 6.66. The Morgan fingerprint density at radius 1 is 0.622 bits per heavy atom. The molecule has 0 fully saturated rings. The average Bonchev–Trinajstić information content (AvgIpc) is 2.80. The van der Waals surface area contributed by atoms with Gasteiger partial charge in [-0.1, -0.05) is 41.5 Å². The zero-order valence-corrected chi connectivity index (χ0v) is 23.3. The lowest BCUT2D eigenvalue weighted by atomic mass is 10.0. The lowest BCUT2D eigenvalue weighted by molar-refractivity contribution is -0.122. The minimum atomic E-state index is -0.734. The largest absolute Gasteiger partial charge is 0.480 e. The van der Waals surface area contributed by atoms with Crippen molar-refractivity contribution in [3.63, 3.8) is 0 Å². The maximum atomic E-state index is 12.9. The molecule has 6 nitrogen and oxygen atoms in total. The number of carbonyl (C=O) groups is 2. The Hall–Kier alpha value is -3.80. The van der Waals surface area contributed by atoms with Crippen LogP contribution in [0.4, 0.5) is 11.4 Å². The van der Waals surface area contributed by atoms with Crippen molar-refractivity contribution in [3.8, 4) is 11.5 Å². The van der Waals surface area contributed by atoms with Crippen LogP contribution in [0, 0.1) is 48.5 Å². The van der Waals surface area contributed by atoms with Crippen LogP contribution in [0.15, 0.2) is 42.5 Å². The van der Waals surface area contributed by atoms with E-state index in [4.69, 9.17) is 9.47 Å². The lowest BCUT2D eigenvalue weighted by Gasteiger charge is -2.21. The molecule has 37 heavy (non-hydrogen) atoms. The van der Waals surface area contributed by atoms with E-state index in [1.54, 1.807) is 32.0 Å². The van der Waals surface area contributed by atoms with Crippen LogP contribution in [0.25, 0.3) is 0 Å². The van der Waals surface area contributed by atoms with Gasteiger partial charge in [-0.15, -0.1) is 0 Å². The van der Waals surface area contributed by atoms with Gasteiger partial charge in [-0.2, -0.15) is 0 Å². The number of anilines is 2. The molecular formula is C31H38N2O4. The second kappa shape index (κ2) is 11.5. The topological polar surface area (TPSA) is 76.7 Å². The summed E-state index contributed by atoms with van der Waals surface area (Å²) in [5, 5.41) is 5.99. The Bertz CT molecular complexity index is 1190. The summed E-state index contributed by atoms with van der Waals surface area (Å²) in [7, 11) is 0. The van der Waals surface area contributed by atoms with E-state index < -0.39 is 12.2 Å². The molecule has 0 aromatic heterocycles. The summed E-state index contributed by atoms with van der Waals surface area (Å²) >= 11 is 0. The SMILES string of the molecule is Cc1cc(C)c(NC(=O)[C@@H](C)Oc2cccc(O[C@H](C)C(=O)Nc3c(C)cc(C)cc3C)c2C)c(C)c1. The Labute approximate surface area is 220 Å². The second-order valence-electron chi connectivity index (χ2n) is 9.93. The molecule has 0 heterocycles. The third-order valence-electron chi connectivity index (χ3n) is 6.43. The van der Waals surface area contributed by atoms with Crippen molar-refractivity contribution in [2.24, 2.45) is 0 Å². The molecule has 3 aromatic rings. The highest BCUT2D eigenvalue weighted by molar-refractivity contribution is 5.96. The molecule has 0 saturated carbocycles. The quantitative estimate of drug-likeness (QED) is 0.361. The summed E-state index contributed by atoms with van der Waals surface area (Å²) in [5.41, 5.74) is 8.65. The van der Waals surface area contributed by atoms with Gasteiger partial charge in [0.05, 0.1) is 0 Å². The molecule has 3 rings (SSSR count). The maximum absolute atomic E-state index is 12.9. The van der Waals surface area contributed by atoms with Gasteiger partial charge >= 0.3 is 0 Å². The Morgan fingerprint density at radius 3 is 1.27 bits per heavy atom. The van der Waals surface area contributed by atoms with Gasteiger partial charge in [0.2, 0.25) is 0 Å². The fourth-order valence-electron chi connectivity index (χ4n) is 4.54. The van der Waals surface area contributed by atoms with E-state index >= 15 is 0 Å². The van der Waals surface area contributed by atoms with E-state index in [1.165, 1.54) is 0 Å². The minimum absolute atomic E-state index is 0.239. The number of ether oxygens (including phenoxy) is 2. The fraction of sp³-hybridized carbons (Fsp3) is 0.355. The molecule has 0 aliphatic rings. The summed E-state index contributed by atoms with van der Waals surface area (Å²) in [6.07, 6.45) is -1.47. The Morgan fingerprint density at radius 2 is 0.946 bits per heavy atom. The maximum Gasteiger partial charge on any atom is 0.265 e. The first-order valence-electron chi connectivity index (χ1n) is 12.6. The molecule has 0 unspecified atom stereocenters. The van der Waals surface area contributed by atoms with E-state index in [0.717, 1.165) is 44.8 Å². The van der Waals surface area contributed by atoms with Crippen LogP contribution >= 0.6 is 0 Å². The van der Waals surface area contributed by atoms with Crippen molar-refractivity contribution < 1.29 is 19.1 Å². The van der Waals surface area contributed by atoms with E-state index in [-0.39, 0.29) is 11.8 Å². The molecule has 0 radical (unpaired) electrons. The van der Waals surface area contributed by atoms with E-state index in [2.05, 4.69) is 10.6 Å². The van der Waals surface area contributed by atoms with Crippen LogP contribution in [0.1, 0.15) is 52.8 Å². The highest BCUT2D eigenvalue weighted by Crippen LogP contribution is 2.30. The fourth-order valence-corrected chi connectivity index (χ4v) is 4.54. The first-order valence-corrected chi connectivity index (χ1v) is 12.6. The molecule has 196 valence electrons. The van der Waals surface area contributed by atoms with Crippen molar-refractivity contribution in [1.82, 2.24) is 0 Å². The Kier molecular flexibility index (Phi) is 8.64. The van der Waals surface area contributed by atoms with Crippen molar-refractivity contribution in [3.05, 3.63) is 81.4 Å². The molecule has 0 aliphatic carbocycles. The Balaban J connectivity index is 1.68. The smallest absolute Gasteiger partial charge is 0.265 e. The van der Waals surface area contributed by atoms with Gasteiger partial charge in [0, 0.05) is 16.9 Å². The molecule has 2 N–H and O–H groups in total. The molecule has 0 spiro atoms. The zero-order valence-electron chi connectivity index (χ0n) is 23.3. The van der Waals surface area contributed by atoms with Gasteiger partial charge in [-0.3, -0.25) is 9.59 Å². The van der Waals surface area contributed by atoms with Crippen LogP contribution in [-0.4, -0.2) is 24.0 Å². The van der Waals surface area contributed by atoms with Crippen molar-refractivity contribution >= 4 is 23.2 Å². The molecular weight excluding hydrogens is 464 g/mol. The summed E-state index contributed by atoms with van der Waals surface area (Å²) < 4.78 is 12.0. The van der Waals surface area contributed by atoms with Gasteiger partial charge in [0.15, 0.2) is 12.2 Å². The van der Waals surface area contributed by atoms with Gasteiger partial charge in [0.25, 0.3) is 11.8 Å². The van der Waals surface area contributed by atoms with E-state index in [0.29, 0.717) is 17.1 Å². The molecule has 3 aromatic carbocycles. The van der Waals surface area contributed by atoms with Crippen molar-refractivity contribution in [1.29, 1.82) is 0 Å². The molecule has 0 aliphatic heterocycles. The highest BCUT2D eigenvalue weighted by Gasteiger charge is 2.21. The van der Waals surface area contributed by atoms with E-state index in [9.17, 15) is 9.59 Å². The number of hydrogen-bond donors (Lipinski definition) is 2. The normalized spacial score (nSPS) is 12.5. The van der Waals surface area contributed by atoms with Gasteiger partial charge in [-0.05, 0) is 96.7 Å². The number of nitrogens with one attached hydrogen (secondary N) is 2. The van der Waals surface area contributed by atoms with Gasteiger partial charge in [0.1, 0.15) is 11.5 Å². The van der Waals surface area contributed by atoms with Gasteiger partial charge < -0.3 is 20.1 Å². The third-order valence-corrected chi connectivity index (χ3v) is 6.43. The number of hydrogen-bond acceptors (Lipinski definition) is 4. The monoisotopic (exact) mass is 502 g/mol. The molecule has 2 amide bonds. The first kappa shape index (κ1) is 27.8. The predicted molar refractivity (Wildman–Crippen MR) is 150 cm³/mol. The van der Waals surface area contributed by atoms with Crippen LogP contribution in [0.5, 0.6) is 11.5 Å². The first-order chi connectivity index (χ1) is 17.4.